The molecule has 3 aliphatic rings. The van der Waals surface area contributed by atoms with Gasteiger partial charge >= 0.3 is 0 Å². The van der Waals surface area contributed by atoms with E-state index in [2.05, 4.69) is 20.2 Å². The lowest BCUT2D eigenvalue weighted by molar-refractivity contribution is 0.431. The summed E-state index contributed by atoms with van der Waals surface area (Å²) in [5, 5.41) is 4.25. The molecular formula is C27H27F2N6O2S. The van der Waals surface area contributed by atoms with Crippen molar-refractivity contribution in [2.24, 2.45) is 0 Å². The van der Waals surface area contributed by atoms with Crippen LogP contribution in [0.1, 0.15) is 30.0 Å². The third-order valence-electron chi connectivity index (χ3n) is 7.00. The van der Waals surface area contributed by atoms with Gasteiger partial charge in [-0.25, -0.2) is 27.2 Å². The van der Waals surface area contributed by atoms with Gasteiger partial charge in [-0.2, -0.15) is 0 Å². The van der Waals surface area contributed by atoms with Gasteiger partial charge in [0.25, 0.3) is 0 Å². The molecule has 1 radical (unpaired) electrons. The smallest absolute Gasteiger partial charge is 0.162 e. The molecule has 11 heteroatoms. The fourth-order valence-electron chi connectivity index (χ4n) is 5.12. The summed E-state index contributed by atoms with van der Waals surface area (Å²) in [5.74, 6) is 0.946. The number of sulfone groups is 1. The number of allylic oxidation sites excluding steroid dienone is 4. The van der Waals surface area contributed by atoms with Gasteiger partial charge in [-0.1, -0.05) is 6.08 Å². The van der Waals surface area contributed by atoms with Crippen molar-refractivity contribution >= 4 is 32.1 Å². The van der Waals surface area contributed by atoms with E-state index in [4.69, 9.17) is 9.97 Å². The lowest BCUT2D eigenvalue weighted by Crippen LogP contribution is -2.53. The van der Waals surface area contributed by atoms with E-state index in [1.54, 1.807) is 24.5 Å². The van der Waals surface area contributed by atoms with Gasteiger partial charge < -0.3 is 10.2 Å². The molecule has 2 fully saturated rings. The molecule has 4 heterocycles. The first-order valence-corrected chi connectivity index (χ1v) is 14.7. The van der Waals surface area contributed by atoms with E-state index < -0.39 is 21.8 Å². The normalized spacial score (nSPS) is 22.3. The summed E-state index contributed by atoms with van der Waals surface area (Å²) in [6.07, 6.45) is 10.7. The summed E-state index contributed by atoms with van der Waals surface area (Å²) in [6.45, 7) is 1.76. The number of halogens is 2. The van der Waals surface area contributed by atoms with Crippen molar-refractivity contribution < 1.29 is 17.2 Å². The van der Waals surface area contributed by atoms with E-state index in [0.29, 0.717) is 48.2 Å². The third kappa shape index (κ3) is 5.17. The van der Waals surface area contributed by atoms with E-state index in [9.17, 15) is 17.2 Å². The first-order chi connectivity index (χ1) is 18.2. The highest BCUT2D eigenvalue weighted by atomic mass is 32.2. The van der Waals surface area contributed by atoms with Crippen molar-refractivity contribution in [3.63, 3.8) is 0 Å². The van der Waals surface area contributed by atoms with Crippen molar-refractivity contribution in [2.45, 2.75) is 31.0 Å². The molecule has 0 bridgehead atoms. The van der Waals surface area contributed by atoms with Crippen LogP contribution in [0.4, 0.5) is 14.6 Å². The molecule has 0 spiro atoms. The van der Waals surface area contributed by atoms with E-state index in [1.807, 2.05) is 6.20 Å². The Bertz CT molecular complexity index is 1570. The fraction of sp³-hybridized carbons (Fsp3) is 0.370. The lowest BCUT2D eigenvalue weighted by Gasteiger charge is -2.35. The maximum Gasteiger partial charge on any atom is 0.162 e. The fourth-order valence-corrected chi connectivity index (χ4v) is 6.08. The lowest BCUT2D eigenvalue weighted by atomic mass is 10.0. The van der Waals surface area contributed by atoms with Crippen LogP contribution in [0.3, 0.4) is 0 Å². The van der Waals surface area contributed by atoms with Crippen molar-refractivity contribution in [3.05, 3.63) is 66.4 Å². The zero-order chi connectivity index (χ0) is 26.4. The van der Waals surface area contributed by atoms with Crippen LogP contribution in [0.5, 0.6) is 0 Å². The minimum Gasteiger partial charge on any atom is -0.353 e. The maximum absolute atomic E-state index is 14.5. The number of anilines is 1. The number of aromatic nitrogens is 4. The SMILES string of the molecule is CS(=O)(=O)C[C@H]1CN(c2nc(-c3ccnc(C4=C(F)[CH]C(F)C=C4)c3)nc3cncc(C4CC4)c23)CCN1. The molecule has 2 aliphatic carbocycles. The average Bonchev–Trinajstić information content (AvgIpc) is 3.72. The number of alkyl halides is 1. The van der Waals surface area contributed by atoms with Gasteiger partial charge in [0, 0.05) is 60.8 Å². The van der Waals surface area contributed by atoms with Gasteiger partial charge in [0.1, 0.15) is 27.7 Å². The Balaban J connectivity index is 1.45. The van der Waals surface area contributed by atoms with Crippen LogP contribution in [0.15, 0.2) is 48.7 Å². The highest BCUT2D eigenvalue weighted by molar-refractivity contribution is 7.90. The summed E-state index contributed by atoms with van der Waals surface area (Å²) < 4.78 is 52.0. The predicted molar refractivity (Wildman–Crippen MR) is 143 cm³/mol. The zero-order valence-corrected chi connectivity index (χ0v) is 21.6. The van der Waals surface area contributed by atoms with E-state index in [-0.39, 0.29) is 17.4 Å². The number of hydrogen-bond acceptors (Lipinski definition) is 8. The number of nitrogens with one attached hydrogen (secondary N) is 1. The van der Waals surface area contributed by atoms with Crippen LogP contribution < -0.4 is 10.2 Å². The molecule has 1 saturated heterocycles. The van der Waals surface area contributed by atoms with Crippen LogP contribution in [-0.2, 0) is 9.84 Å². The largest absolute Gasteiger partial charge is 0.353 e. The first-order valence-electron chi connectivity index (χ1n) is 12.6. The Kier molecular flexibility index (Phi) is 6.43. The van der Waals surface area contributed by atoms with Crippen LogP contribution >= 0.6 is 0 Å². The van der Waals surface area contributed by atoms with Crippen molar-refractivity contribution in [1.82, 2.24) is 25.3 Å². The summed E-state index contributed by atoms with van der Waals surface area (Å²) in [4.78, 5) is 20.7. The summed E-state index contributed by atoms with van der Waals surface area (Å²) in [6, 6.07) is 3.22. The summed E-state index contributed by atoms with van der Waals surface area (Å²) in [7, 11) is -3.16. The predicted octanol–water partition coefficient (Wildman–Crippen LogP) is 3.58. The van der Waals surface area contributed by atoms with Crippen LogP contribution in [0.2, 0.25) is 0 Å². The Labute approximate surface area is 219 Å². The molecule has 8 nitrogen and oxygen atoms in total. The minimum atomic E-state index is -3.16. The first kappa shape index (κ1) is 25.0. The maximum atomic E-state index is 14.5. The standard InChI is InChI=1S/C27H27F2N6O2S/c1-38(36,37)15-19-14-35(9-8-31-19)27-25-21(16-2-3-16)12-30-13-24(25)33-26(34-27)17-6-7-32-23(10-17)20-5-4-18(28)11-22(20)29/h4-7,10-13,16,18-19,31H,2-3,8-9,14-15H2,1H3/t18?,19-/m1/s1. The van der Waals surface area contributed by atoms with Crippen LogP contribution in [0, 0.1) is 6.42 Å². The number of nitrogens with zero attached hydrogens (tertiary/aromatic N) is 5. The van der Waals surface area contributed by atoms with Gasteiger partial charge in [0.05, 0.1) is 29.6 Å². The number of hydrogen-bond donors (Lipinski definition) is 1. The Hall–Kier alpha value is -3.31. The molecule has 0 aromatic carbocycles. The molecule has 1 aliphatic heterocycles. The molecule has 3 aromatic rings. The van der Waals surface area contributed by atoms with Gasteiger partial charge in [0.2, 0.25) is 0 Å². The van der Waals surface area contributed by atoms with Crippen LogP contribution in [0.25, 0.3) is 27.9 Å². The third-order valence-corrected chi connectivity index (χ3v) is 8.00. The molecule has 38 heavy (non-hydrogen) atoms. The average molecular weight is 538 g/mol. The Morgan fingerprint density at radius 3 is 2.82 bits per heavy atom. The van der Waals surface area contributed by atoms with Gasteiger partial charge in [-0.05, 0) is 42.5 Å². The molecule has 1 N–H and O–H groups in total. The van der Waals surface area contributed by atoms with Crippen LogP contribution in [-0.4, -0.2) is 72.2 Å². The van der Waals surface area contributed by atoms with E-state index in [1.165, 1.54) is 18.4 Å². The van der Waals surface area contributed by atoms with Gasteiger partial charge in [0.15, 0.2) is 5.82 Å². The Morgan fingerprint density at radius 2 is 2.05 bits per heavy atom. The highest BCUT2D eigenvalue weighted by Crippen LogP contribution is 2.45. The molecule has 0 amide bonds. The second-order valence-corrected chi connectivity index (χ2v) is 12.3. The molecular weight excluding hydrogens is 510 g/mol. The number of piperazine rings is 1. The second-order valence-electron chi connectivity index (χ2n) is 10.1. The number of pyridine rings is 2. The van der Waals surface area contributed by atoms with Crippen molar-refractivity contribution in [3.8, 4) is 11.4 Å². The van der Waals surface area contributed by atoms with Crippen molar-refractivity contribution in [1.29, 1.82) is 0 Å². The molecule has 6 rings (SSSR count). The number of fused-ring (bicyclic) bond motifs is 1. The highest BCUT2D eigenvalue weighted by Gasteiger charge is 2.31. The summed E-state index contributed by atoms with van der Waals surface area (Å²) >= 11 is 0. The van der Waals surface area contributed by atoms with E-state index >= 15 is 0 Å². The molecule has 1 unspecified atom stereocenters. The Morgan fingerprint density at radius 1 is 1.21 bits per heavy atom. The monoisotopic (exact) mass is 537 g/mol. The molecule has 2 atom stereocenters. The topological polar surface area (TPSA) is 101 Å². The van der Waals surface area contributed by atoms with Crippen molar-refractivity contribution in [2.75, 3.05) is 36.5 Å². The zero-order valence-electron chi connectivity index (χ0n) is 20.8. The summed E-state index contributed by atoms with van der Waals surface area (Å²) in [5.41, 5.74) is 2.99. The van der Waals surface area contributed by atoms with Gasteiger partial charge in [-0.15, -0.1) is 0 Å². The quantitative estimate of drug-likeness (QED) is 0.509. The number of rotatable bonds is 6. The second kappa shape index (κ2) is 9.77. The molecule has 197 valence electrons. The molecule has 1 saturated carbocycles. The minimum absolute atomic E-state index is 0.0368. The molecule has 3 aromatic heterocycles. The van der Waals surface area contributed by atoms with Gasteiger partial charge in [-0.3, -0.25) is 9.97 Å². The van der Waals surface area contributed by atoms with E-state index in [0.717, 1.165) is 36.0 Å².